The van der Waals surface area contributed by atoms with Crippen molar-refractivity contribution < 1.29 is 9.53 Å². The number of carbonyl (C=O) groups excluding carboxylic acids is 1. The van der Waals surface area contributed by atoms with E-state index in [1.54, 1.807) is 17.6 Å². The van der Waals surface area contributed by atoms with Crippen molar-refractivity contribution in [3.8, 4) is 5.69 Å². The van der Waals surface area contributed by atoms with Crippen LogP contribution in [-0.4, -0.2) is 22.1 Å². The number of hydrogen-bond acceptors (Lipinski definition) is 4. The largest absolute Gasteiger partial charge is 0.461 e. The van der Waals surface area contributed by atoms with E-state index >= 15 is 0 Å². The second-order valence-corrected chi connectivity index (χ2v) is 3.43. The molecule has 0 aliphatic carbocycles. The average Bonchev–Trinajstić information content (AvgIpc) is 2.79. The Morgan fingerprint density at radius 1 is 1.47 bits per heavy atom. The van der Waals surface area contributed by atoms with E-state index in [-0.39, 0.29) is 0 Å². The van der Waals surface area contributed by atoms with Crippen molar-refractivity contribution >= 4 is 11.7 Å². The zero-order chi connectivity index (χ0) is 12.3. The molecule has 1 aromatic carbocycles. The first-order chi connectivity index (χ1) is 8.24. The fraction of sp³-hybridized carbons (Fsp3) is 0.167. The predicted octanol–water partition coefficient (Wildman–Crippen LogP) is 1.63. The van der Waals surface area contributed by atoms with Gasteiger partial charge < -0.3 is 10.5 Å². The van der Waals surface area contributed by atoms with E-state index in [2.05, 4.69) is 4.98 Å². The lowest BCUT2D eigenvalue weighted by Gasteiger charge is -2.09. The lowest BCUT2D eigenvalue weighted by Crippen LogP contribution is -2.11. The van der Waals surface area contributed by atoms with Crippen molar-refractivity contribution in [1.29, 1.82) is 0 Å². The molecule has 1 aromatic heterocycles. The summed E-state index contributed by atoms with van der Waals surface area (Å²) in [7, 11) is 0. The van der Waals surface area contributed by atoms with E-state index in [0.717, 1.165) is 0 Å². The van der Waals surface area contributed by atoms with Gasteiger partial charge in [-0.25, -0.2) is 9.78 Å². The molecule has 0 aliphatic heterocycles. The number of para-hydroxylation sites is 2. The molecule has 2 rings (SSSR count). The summed E-state index contributed by atoms with van der Waals surface area (Å²) in [5.74, 6) is -0.409. The Morgan fingerprint density at radius 3 is 2.94 bits per heavy atom. The average molecular weight is 231 g/mol. The number of aromatic nitrogens is 2. The summed E-state index contributed by atoms with van der Waals surface area (Å²) >= 11 is 0. The lowest BCUT2D eigenvalue weighted by atomic mass is 10.2. The molecule has 0 amide bonds. The van der Waals surface area contributed by atoms with E-state index in [0.29, 0.717) is 23.7 Å². The van der Waals surface area contributed by atoms with Crippen molar-refractivity contribution in [2.45, 2.75) is 6.92 Å². The third kappa shape index (κ3) is 2.13. The van der Waals surface area contributed by atoms with Crippen molar-refractivity contribution in [2.24, 2.45) is 0 Å². The minimum Gasteiger partial charge on any atom is -0.461 e. The highest BCUT2D eigenvalue weighted by Crippen LogP contribution is 2.18. The molecule has 0 saturated carbocycles. The van der Waals surface area contributed by atoms with Crippen LogP contribution in [0, 0.1) is 0 Å². The molecule has 0 atom stereocenters. The van der Waals surface area contributed by atoms with Crippen molar-refractivity contribution in [3.05, 3.63) is 42.5 Å². The summed E-state index contributed by atoms with van der Waals surface area (Å²) in [5.41, 5.74) is 7.52. The monoisotopic (exact) mass is 231 g/mol. The molecule has 2 aromatic rings. The normalized spacial score (nSPS) is 10.2. The number of esters is 1. The van der Waals surface area contributed by atoms with Gasteiger partial charge in [-0.15, -0.1) is 0 Å². The van der Waals surface area contributed by atoms with Crippen LogP contribution >= 0.6 is 0 Å². The van der Waals surface area contributed by atoms with Gasteiger partial charge in [0.05, 0.1) is 30.5 Å². The minimum absolute atomic E-state index is 0.328. The molecule has 2 N–H and O–H groups in total. The molecule has 0 aliphatic rings. The Hall–Kier alpha value is -2.30. The number of ether oxygens (including phenoxy) is 1. The molecule has 0 unspecified atom stereocenters. The summed E-state index contributed by atoms with van der Waals surface area (Å²) in [4.78, 5) is 15.6. The zero-order valence-corrected chi connectivity index (χ0v) is 9.46. The number of carbonyl (C=O) groups is 1. The molecular weight excluding hydrogens is 218 g/mol. The SMILES string of the molecule is CCOC(=O)c1cncn1-c1ccccc1N. The number of rotatable bonds is 3. The van der Waals surface area contributed by atoms with Crippen LogP contribution in [0.4, 0.5) is 5.69 Å². The van der Waals surface area contributed by atoms with Crippen LogP contribution in [0.15, 0.2) is 36.8 Å². The number of benzene rings is 1. The number of nitrogen functional groups attached to an aromatic ring is 1. The quantitative estimate of drug-likeness (QED) is 0.643. The summed E-state index contributed by atoms with van der Waals surface area (Å²) in [6.45, 7) is 2.09. The summed E-state index contributed by atoms with van der Waals surface area (Å²) in [5, 5.41) is 0. The van der Waals surface area contributed by atoms with Gasteiger partial charge in [-0.3, -0.25) is 4.57 Å². The lowest BCUT2D eigenvalue weighted by molar-refractivity contribution is 0.0517. The Bertz CT molecular complexity index is 534. The van der Waals surface area contributed by atoms with Gasteiger partial charge in [-0.05, 0) is 19.1 Å². The number of anilines is 1. The van der Waals surface area contributed by atoms with Gasteiger partial charge in [0.25, 0.3) is 0 Å². The van der Waals surface area contributed by atoms with E-state index < -0.39 is 5.97 Å². The summed E-state index contributed by atoms with van der Waals surface area (Å²) < 4.78 is 6.57. The molecule has 0 bridgehead atoms. The number of nitrogens with two attached hydrogens (primary N) is 1. The third-order valence-electron chi connectivity index (χ3n) is 2.32. The van der Waals surface area contributed by atoms with Crippen LogP contribution in [0.2, 0.25) is 0 Å². The van der Waals surface area contributed by atoms with E-state index in [4.69, 9.17) is 10.5 Å². The highest BCUT2D eigenvalue weighted by atomic mass is 16.5. The van der Waals surface area contributed by atoms with E-state index in [1.807, 2.05) is 18.2 Å². The molecular formula is C12H13N3O2. The van der Waals surface area contributed by atoms with E-state index in [9.17, 15) is 4.79 Å². The smallest absolute Gasteiger partial charge is 0.356 e. The predicted molar refractivity (Wildman–Crippen MR) is 63.9 cm³/mol. The number of imidazole rings is 1. The van der Waals surface area contributed by atoms with Crippen LogP contribution < -0.4 is 5.73 Å². The first kappa shape index (κ1) is 11.2. The van der Waals surface area contributed by atoms with Gasteiger partial charge in [0.1, 0.15) is 0 Å². The zero-order valence-electron chi connectivity index (χ0n) is 9.46. The molecule has 17 heavy (non-hydrogen) atoms. The Kier molecular flexibility index (Phi) is 3.09. The van der Waals surface area contributed by atoms with Crippen molar-refractivity contribution in [1.82, 2.24) is 9.55 Å². The van der Waals surface area contributed by atoms with Gasteiger partial charge >= 0.3 is 5.97 Å². The molecule has 0 fully saturated rings. The molecule has 0 saturated heterocycles. The molecule has 0 radical (unpaired) electrons. The van der Waals surface area contributed by atoms with Gasteiger partial charge in [0.2, 0.25) is 0 Å². The van der Waals surface area contributed by atoms with Gasteiger partial charge in [-0.1, -0.05) is 12.1 Å². The highest BCUT2D eigenvalue weighted by molar-refractivity contribution is 5.88. The highest BCUT2D eigenvalue weighted by Gasteiger charge is 2.14. The third-order valence-corrected chi connectivity index (χ3v) is 2.32. The Labute approximate surface area is 98.8 Å². The molecule has 0 spiro atoms. The first-order valence-electron chi connectivity index (χ1n) is 5.28. The first-order valence-corrected chi connectivity index (χ1v) is 5.28. The van der Waals surface area contributed by atoms with Gasteiger partial charge in [-0.2, -0.15) is 0 Å². The molecule has 5 heteroatoms. The van der Waals surface area contributed by atoms with Crippen molar-refractivity contribution in [2.75, 3.05) is 12.3 Å². The summed E-state index contributed by atoms with van der Waals surface area (Å²) in [6.07, 6.45) is 3.00. The second kappa shape index (κ2) is 4.69. The topological polar surface area (TPSA) is 70.1 Å². The maximum absolute atomic E-state index is 11.7. The second-order valence-electron chi connectivity index (χ2n) is 3.43. The van der Waals surface area contributed by atoms with Crippen LogP contribution in [0.5, 0.6) is 0 Å². The molecule has 5 nitrogen and oxygen atoms in total. The molecule has 1 heterocycles. The Morgan fingerprint density at radius 2 is 2.24 bits per heavy atom. The van der Waals surface area contributed by atoms with Crippen LogP contribution in [-0.2, 0) is 4.74 Å². The Balaban J connectivity index is 2.44. The van der Waals surface area contributed by atoms with Crippen LogP contribution in [0.1, 0.15) is 17.4 Å². The fourth-order valence-electron chi connectivity index (χ4n) is 1.55. The van der Waals surface area contributed by atoms with Crippen LogP contribution in [0.3, 0.4) is 0 Å². The fourth-order valence-corrected chi connectivity index (χ4v) is 1.55. The standard InChI is InChI=1S/C12H13N3O2/c1-2-17-12(16)11-7-14-8-15(11)10-6-4-3-5-9(10)13/h3-8H,2,13H2,1H3. The summed E-state index contributed by atoms with van der Waals surface area (Å²) in [6, 6.07) is 7.27. The number of nitrogens with zero attached hydrogens (tertiary/aromatic N) is 2. The maximum Gasteiger partial charge on any atom is 0.356 e. The minimum atomic E-state index is -0.409. The number of hydrogen-bond donors (Lipinski definition) is 1. The van der Waals surface area contributed by atoms with Gasteiger partial charge in [0.15, 0.2) is 5.69 Å². The van der Waals surface area contributed by atoms with Gasteiger partial charge in [0, 0.05) is 0 Å². The van der Waals surface area contributed by atoms with Crippen molar-refractivity contribution in [3.63, 3.8) is 0 Å². The molecule has 88 valence electrons. The van der Waals surface area contributed by atoms with Crippen LogP contribution in [0.25, 0.3) is 5.69 Å². The van der Waals surface area contributed by atoms with E-state index in [1.165, 1.54) is 12.5 Å². The maximum atomic E-state index is 11.7.